The molecule has 1 aromatic heterocycles. The van der Waals surface area contributed by atoms with Crippen LogP contribution in [0.5, 0.6) is 5.75 Å². The maximum Gasteiger partial charge on any atom is 0.148 e. The van der Waals surface area contributed by atoms with Crippen LogP contribution in [-0.4, -0.2) is 6.04 Å². The molecular formula is C17H23NOS. The van der Waals surface area contributed by atoms with Crippen molar-refractivity contribution >= 4 is 11.3 Å². The van der Waals surface area contributed by atoms with Crippen LogP contribution in [0.25, 0.3) is 0 Å². The van der Waals surface area contributed by atoms with Crippen molar-refractivity contribution in [1.29, 1.82) is 0 Å². The monoisotopic (exact) mass is 289 g/mol. The van der Waals surface area contributed by atoms with Crippen LogP contribution in [0, 0.1) is 0 Å². The van der Waals surface area contributed by atoms with Gasteiger partial charge < -0.3 is 10.5 Å². The maximum atomic E-state index is 6.14. The van der Waals surface area contributed by atoms with Gasteiger partial charge in [-0.1, -0.05) is 39.0 Å². The first-order valence-corrected chi connectivity index (χ1v) is 7.82. The van der Waals surface area contributed by atoms with Crippen molar-refractivity contribution in [3.05, 3.63) is 52.2 Å². The standard InChI is InChI=1S/C17H23NOS/c1-12(18)16(15-9-6-10-20-15)19-14-8-5-7-13(11-14)17(2,3)4/h5-12,16H,18H2,1-4H3. The number of hydrogen-bond acceptors (Lipinski definition) is 3. The molecule has 0 radical (unpaired) electrons. The van der Waals surface area contributed by atoms with Gasteiger partial charge in [-0.15, -0.1) is 11.3 Å². The van der Waals surface area contributed by atoms with E-state index in [9.17, 15) is 0 Å². The molecule has 0 amide bonds. The van der Waals surface area contributed by atoms with Gasteiger partial charge in [0.1, 0.15) is 11.9 Å². The smallest absolute Gasteiger partial charge is 0.148 e. The Hall–Kier alpha value is -1.32. The summed E-state index contributed by atoms with van der Waals surface area (Å²) in [6, 6.07) is 12.4. The Morgan fingerprint density at radius 2 is 1.90 bits per heavy atom. The van der Waals surface area contributed by atoms with Crippen molar-refractivity contribution in [2.45, 2.75) is 45.3 Å². The van der Waals surface area contributed by atoms with Crippen LogP contribution in [0.4, 0.5) is 0 Å². The van der Waals surface area contributed by atoms with E-state index in [2.05, 4.69) is 44.4 Å². The minimum Gasteiger partial charge on any atom is -0.483 e. The molecule has 2 unspecified atom stereocenters. The number of rotatable bonds is 4. The molecule has 2 aromatic rings. The van der Waals surface area contributed by atoms with E-state index in [1.165, 1.54) is 10.4 Å². The molecule has 2 atom stereocenters. The molecule has 2 rings (SSSR count). The van der Waals surface area contributed by atoms with Crippen molar-refractivity contribution in [2.24, 2.45) is 5.73 Å². The zero-order chi connectivity index (χ0) is 14.8. The molecule has 0 fully saturated rings. The summed E-state index contributed by atoms with van der Waals surface area (Å²) in [6.07, 6.45) is -0.0924. The van der Waals surface area contributed by atoms with Crippen molar-refractivity contribution in [1.82, 2.24) is 0 Å². The molecule has 0 bridgehead atoms. The summed E-state index contributed by atoms with van der Waals surface area (Å²) in [4.78, 5) is 1.17. The Bertz CT molecular complexity index is 540. The summed E-state index contributed by atoms with van der Waals surface area (Å²) in [6.45, 7) is 8.59. The number of benzene rings is 1. The van der Waals surface area contributed by atoms with E-state index in [0.717, 1.165) is 5.75 Å². The summed E-state index contributed by atoms with van der Waals surface area (Å²) in [5.41, 5.74) is 7.47. The van der Waals surface area contributed by atoms with E-state index in [1.807, 2.05) is 25.1 Å². The average Bonchev–Trinajstić information content (AvgIpc) is 2.88. The average molecular weight is 289 g/mol. The van der Waals surface area contributed by atoms with Crippen LogP contribution < -0.4 is 10.5 Å². The molecule has 0 aliphatic carbocycles. The van der Waals surface area contributed by atoms with Gasteiger partial charge in [0.2, 0.25) is 0 Å². The first kappa shape index (κ1) is 15.1. The predicted molar refractivity (Wildman–Crippen MR) is 86.5 cm³/mol. The number of ether oxygens (including phenoxy) is 1. The number of nitrogens with two attached hydrogens (primary N) is 1. The third-order valence-electron chi connectivity index (χ3n) is 3.26. The van der Waals surface area contributed by atoms with Crippen LogP contribution in [-0.2, 0) is 5.41 Å². The Morgan fingerprint density at radius 1 is 1.15 bits per heavy atom. The molecule has 0 aliphatic rings. The summed E-state index contributed by atoms with van der Waals surface area (Å²) in [5.74, 6) is 0.883. The van der Waals surface area contributed by atoms with Crippen molar-refractivity contribution in [2.75, 3.05) is 0 Å². The van der Waals surface area contributed by atoms with Crippen LogP contribution in [0.2, 0.25) is 0 Å². The highest BCUT2D eigenvalue weighted by Gasteiger charge is 2.20. The minimum absolute atomic E-state index is 0.0491. The van der Waals surface area contributed by atoms with E-state index in [4.69, 9.17) is 10.5 Å². The van der Waals surface area contributed by atoms with Gasteiger partial charge >= 0.3 is 0 Å². The second-order valence-electron chi connectivity index (χ2n) is 6.19. The molecule has 0 saturated carbocycles. The molecule has 0 aliphatic heterocycles. The highest BCUT2D eigenvalue weighted by atomic mass is 32.1. The number of thiophene rings is 1. The van der Waals surface area contributed by atoms with Crippen LogP contribution in [0.1, 0.15) is 44.2 Å². The second-order valence-corrected chi connectivity index (χ2v) is 7.17. The van der Waals surface area contributed by atoms with E-state index in [0.29, 0.717) is 0 Å². The van der Waals surface area contributed by atoms with Gasteiger partial charge in [0.25, 0.3) is 0 Å². The molecule has 1 aromatic carbocycles. The molecule has 2 N–H and O–H groups in total. The van der Waals surface area contributed by atoms with Crippen LogP contribution in [0.3, 0.4) is 0 Å². The normalized spacial score (nSPS) is 14.8. The zero-order valence-corrected chi connectivity index (χ0v) is 13.4. The highest BCUT2D eigenvalue weighted by Crippen LogP contribution is 2.30. The van der Waals surface area contributed by atoms with Gasteiger partial charge in [0.15, 0.2) is 0 Å². The fourth-order valence-electron chi connectivity index (χ4n) is 2.06. The summed E-state index contributed by atoms with van der Waals surface area (Å²) in [7, 11) is 0. The molecule has 0 spiro atoms. The first-order valence-electron chi connectivity index (χ1n) is 6.94. The van der Waals surface area contributed by atoms with Crippen molar-refractivity contribution in [3.8, 4) is 5.75 Å². The van der Waals surface area contributed by atoms with Gasteiger partial charge in [0, 0.05) is 10.9 Å². The van der Waals surface area contributed by atoms with Gasteiger partial charge in [0.05, 0.1) is 0 Å². The third-order valence-corrected chi connectivity index (χ3v) is 4.20. The lowest BCUT2D eigenvalue weighted by atomic mass is 9.87. The lowest BCUT2D eigenvalue weighted by molar-refractivity contribution is 0.184. The summed E-state index contributed by atoms with van der Waals surface area (Å²) >= 11 is 1.68. The Labute approximate surface area is 125 Å². The highest BCUT2D eigenvalue weighted by molar-refractivity contribution is 7.10. The van der Waals surface area contributed by atoms with Gasteiger partial charge in [-0.05, 0) is 41.5 Å². The largest absolute Gasteiger partial charge is 0.483 e. The van der Waals surface area contributed by atoms with Crippen LogP contribution >= 0.6 is 11.3 Å². The molecular weight excluding hydrogens is 266 g/mol. The second kappa shape index (κ2) is 5.98. The fourth-order valence-corrected chi connectivity index (χ4v) is 2.93. The minimum atomic E-state index is -0.0924. The zero-order valence-electron chi connectivity index (χ0n) is 12.6. The van der Waals surface area contributed by atoms with E-state index >= 15 is 0 Å². The SMILES string of the molecule is CC(N)C(Oc1cccc(C(C)(C)C)c1)c1cccs1. The Kier molecular flexibility index (Phi) is 4.51. The third kappa shape index (κ3) is 3.62. The lowest BCUT2D eigenvalue weighted by Crippen LogP contribution is -2.28. The molecule has 108 valence electrons. The lowest BCUT2D eigenvalue weighted by Gasteiger charge is -2.24. The summed E-state index contributed by atoms with van der Waals surface area (Å²) < 4.78 is 6.14. The number of hydrogen-bond donors (Lipinski definition) is 1. The van der Waals surface area contributed by atoms with E-state index < -0.39 is 0 Å². The molecule has 1 heterocycles. The molecule has 0 saturated heterocycles. The molecule has 3 heteroatoms. The van der Waals surface area contributed by atoms with E-state index in [-0.39, 0.29) is 17.6 Å². The first-order chi connectivity index (χ1) is 9.38. The quantitative estimate of drug-likeness (QED) is 0.898. The van der Waals surface area contributed by atoms with Gasteiger partial charge in [-0.25, -0.2) is 0 Å². The van der Waals surface area contributed by atoms with Gasteiger partial charge in [-0.2, -0.15) is 0 Å². The fraction of sp³-hybridized carbons (Fsp3) is 0.412. The Morgan fingerprint density at radius 3 is 2.45 bits per heavy atom. The van der Waals surface area contributed by atoms with E-state index in [1.54, 1.807) is 11.3 Å². The summed E-state index contributed by atoms with van der Waals surface area (Å²) in [5, 5.41) is 2.06. The Balaban J connectivity index is 2.24. The maximum absolute atomic E-state index is 6.14. The molecule has 2 nitrogen and oxygen atoms in total. The van der Waals surface area contributed by atoms with Crippen molar-refractivity contribution < 1.29 is 4.74 Å². The topological polar surface area (TPSA) is 35.2 Å². The predicted octanol–water partition coefficient (Wildman–Crippen LogP) is 4.51. The van der Waals surface area contributed by atoms with Crippen molar-refractivity contribution in [3.63, 3.8) is 0 Å². The molecule has 20 heavy (non-hydrogen) atoms. The van der Waals surface area contributed by atoms with Crippen LogP contribution in [0.15, 0.2) is 41.8 Å². The van der Waals surface area contributed by atoms with Gasteiger partial charge in [-0.3, -0.25) is 0 Å².